The summed E-state index contributed by atoms with van der Waals surface area (Å²) in [5, 5.41) is 0. The lowest BCUT2D eigenvalue weighted by Gasteiger charge is -2.28. The highest BCUT2D eigenvalue weighted by atomic mass is 79.9. The third-order valence-electron chi connectivity index (χ3n) is 2.70. The summed E-state index contributed by atoms with van der Waals surface area (Å²) in [5.74, 6) is 4.60. The Balaban J connectivity index is 2.33. The molecule has 90 valence electrons. The molecule has 1 aromatic rings. The molecule has 0 spiro atoms. The number of anilines is 1. The number of hydrogen-bond acceptors (Lipinski definition) is 3. The number of nitrogens with zero attached hydrogens (tertiary/aromatic N) is 1. The molecular weight excluding hydrogens is 286 g/mol. The lowest BCUT2D eigenvalue weighted by molar-refractivity contribution is -0.124. The number of carbonyl (C=O) groups excluding carboxylic acids is 2. The number of hydrazine groups is 1. The monoisotopic (exact) mass is 297 g/mol. The Kier molecular flexibility index (Phi) is 3.44. The number of amides is 2. The summed E-state index contributed by atoms with van der Waals surface area (Å²) in [4.78, 5) is 24.5. The van der Waals surface area contributed by atoms with Gasteiger partial charge in [0.15, 0.2) is 0 Å². The van der Waals surface area contributed by atoms with Gasteiger partial charge in [-0.1, -0.05) is 15.9 Å². The van der Waals surface area contributed by atoms with Crippen LogP contribution in [0.1, 0.15) is 12.0 Å². The average molecular weight is 298 g/mol. The molecule has 0 aliphatic carbocycles. The first-order valence-corrected chi connectivity index (χ1v) is 5.99. The maximum Gasteiger partial charge on any atom is 0.253 e. The van der Waals surface area contributed by atoms with E-state index < -0.39 is 0 Å². The molecule has 0 bridgehead atoms. The molecule has 0 atom stereocenters. The fourth-order valence-corrected chi connectivity index (χ4v) is 2.30. The molecule has 1 aliphatic rings. The minimum atomic E-state index is -0.380. The number of nitrogens with two attached hydrogens (primary N) is 1. The first-order valence-electron chi connectivity index (χ1n) is 5.20. The van der Waals surface area contributed by atoms with Crippen molar-refractivity contribution in [3.05, 3.63) is 28.2 Å². The van der Waals surface area contributed by atoms with E-state index in [1.165, 1.54) is 4.90 Å². The van der Waals surface area contributed by atoms with E-state index in [1.807, 2.05) is 23.6 Å². The quantitative estimate of drug-likeness (QED) is 0.480. The first-order chi connectivity index (χ1) is 8.11. The van der Waals surface area contributed by atoms with Crippen LogP contribution in [0.4, 0.5) is 5.69 Å². The van der Waals surface area contributed by atoms with Crippen LogP contribution in [0.2, 0.25) is 0 Å². The van der Waals surface area contributed by atoms with Crippen molar-refractivity contribution in [3.63, 3.8) is 0 Å². The smallest absolute Gasteiger partial charge is 0.253 e. The number of fused-ring (bicyclic) bond motifs is 1. The van der Waals surface area contributed by atoms with Crippen LogP contribution in [-0.2, 0) is 16.0 Å². The van der Waals surface area contributed by atoms with Crippen LogP contribution in [0.5, 0.6) is 0 Å². The van der Waals surface area contributed by atoms with Crippen LogP contribution in [0.3, 0.4) is 0 Å². The highest BCUT2D eigenvalue weighted by molar-refractivity contribution is 9.10. The molecule has 1 heterocycles. The van der Waals surface area contributed by atoms with Gasteiger partial charge in [0.1, 0.15) is 6.54 Å². The largest absolute Gasteiger partial charge is 0.303 e. The minimum Gasteiger partial charge on any atom is -0.303 e. The second-order valence-electron chi connectivity index (χ2n) is 3.82. The maximum absolute atomic E-state index is 11.8. The van der Waals surface area contributed by atoms with Gasteiger partial charge in [-0.2, -0.15) is 0 Å². The molecule has 17 heavy (non-hydrogen) atoms. The fraction of sp³-hybridized carbons (Fsp3) is 0.273. The van der Waals surface area contributed by atoms with Crippen molar-refractivity contribution in [3.8, 4) is 0 Å². The highest BCUT2D eigenvalue weighted by Gasteiger charge is 2.25. The molecule has 0 saturated carbocycles. The summed E-state index contributed by atoms with van der Waals surface area (Å²) < 4.78 is 0.967. The summed E-state index contributed by atoms with van der Waals surface area (Å²) in [6.45, 7) is -0.0377. The Hall–Kier alpha value is -1.40. The van der Waals surface area contributed by atoms with Gasteiger partial charge in [0.2, 0.25) is 5.91 Å². The molecule has 6 heteroatoms. The van der Waals surface area contributed by atoms with Crippen LogP contribution < -0.4 is 16.2 Å². The Labute approximate surface area is 107 Å². The van der Waals surface area contributed by atoms with Gasteiger partial charge in [-0.25, -0.2) is 5.84 Å². The number of nitrogens with one attached hydrogen (secondary N) is 1. The Morgan fingerprint density at radius 3 is 2.94 bits per heavy atom. The van der Waals surface area contributed by atoms with E-state index in [2.05, 4.69) is 15.9 Å². The van der Waals surface area contributed by atoms with Crippen LogP contribution >= 0.6 is 15.9 Å². The molecule has 5 nitrogen and oxygen atoms in total. The van der Waals surface area contributed by atoms with Crippen LogP contribution in [0.25, 0.3) is 0 Å². The summed E-state index contributed by atoms with van der Waals surface area (Å²) >= 11 is 3.39. The van der Waals surface area contributed by atoms with Gasteiger partial charge in [-0.15, -0.1) is 0 Å². The molecular formula is C11H12BrN3O2. The van der Waals surface area contributed by atoms with Crippen molar-refractivity contribution in [1.29, 1.82) is 0 Å². The van der Waals surface area contributed by atoms with E-state index >= 15 is 0 Å². The number of benzene rings is 1. The number of hydrogen-bond donors (Lipinski definition) is 2. The van der Waals surface area contributed by atoms with E-state index in [9.17, 15) is 9.59 Å². The summed E-state index contributed by atoms with van der Waals surface area (Å²) in [6, 6.07) is 5.65. The molecule has 0 aromatic heterocycles. The van der Waals surface area contributed by atoms with Gasteiger partial charge in [0.25, 0.3) is 5.91 Å². The highest BCUT2D eigenvalue weighted by Crippen LogP contribution is 2.30. The van der Waals surface area contributed by atoms with Crippen molar-refractivity contribution in [2.24, 2.45) is 5.84 Å². The summed E-state index contributed by atoms with van der Waals surface area (Å²) in [5.41, 5.74) is 3.88. The molecule has 1 aliphatic heterocycles. The zero-order valence-electron chi connectivity index (χ0n) is 9.07. The van der Waals surface area contributed by atoms with E-state index in [1.54, 1.807) is 0 Å². The second kappa shape index (κ2) is 4.85. The summed E-state index contributed by atoms with van der Waals surface area (Å²) in [6.07, 6.45) is 1.12. The number of rotatable bonds is 2. The minimum absolute atomic E-state index is 0.0377. The zero-order valence-corrected chi connectivity index (χ0v) is 10.7. The van der Waals surface area contributed by atoms with Gasteiger partial charge in [0, 0.05) is 16.6 Å². The predicted molar refractivity (Wildman–Crippen MR) is 67.1 cm³/mol. The van der Waals surface area contributed by atoms with E-state index in [0.717, 1.165) is 15.7 Å². The van der Waals surface area contributed by atoms with Crippen molar-refractivity contribution in [2.75, 3.05) is 11.4 Å². The van der Waals surface area contributed by atoms with E-state index in [-0.39, 0.29) is 18.4 Å². The number of carbonyl (C=O) groups is 2. The topological polar surface area (TPSA) is 75.4 Å². The lowest BCUT2D eigenvalue weighted by atomic mass is 10.0. The van der Waals surface area contributed by atoms with E-state index in [4.69, 9.17) is 5.84 Å². The second-order valence-corrected chi connectivity index (χ2v) is 4.74. The van der Waals surface area contributed by atoms with Gasteiger partial charge >= 0.3 is 0 Å². The third kappa shape index (κ3) is 2.48. The Morgan fingerprint density at radius 2 is 2.24 bits per heavy atom. The fourth-order valence-electron chi connectivity index (χ4n) is 1.89. The molecule has 2 rings (SSSR count). The molecule has 2 amide bonds. The normalized spacial score (nSPS) is 14.5. The Bertz CT molecular complexity index is 476. The van der Waals surface area contributed by atoms with Gasteiger partial charge in [-0.05, 0) is 30.2 Å². The first kappa shape index (κ1) is 12.1. The van der Waals surface area contributed by atoms with Gasteiger partial charge < -0.3 is 4.90 Å². The van der Waals surface area contributed by atoms with Crippen molar-refractivity contribution >= 4 is 33.4 Å². The standard InChI is InChI=1S/C11H12BrN3O2/c12-8-2-3-9-7(5-8)1-4-11(17)15(9)6-10(16)14-13/h2-3,5H,1,4,6,13H2,(H,14,16). The van der Waals surface area contributed by atoms with E-state index in [0.29, 0.717) is 12.8 Å². The maximum atomic E-state index is 11.8. The van der Waals surface area contributed by atoms with Crippen LogP contribution in [0, 0.1) is 0 Å². The molecule has 0 unspecified atom stereocenters. The molecule has 0 fully saturated rings. The average Bonchev–Trinajstić information content (AvgIpc) is 2.32. The number of halogens is 1. The lowest BCUT2D eigenvalue weighted by Crippen LogP contribution is -2.44. The molecule has 3 N–H and O–H groups in total. The molecule has 0 saturated heterocycles. The summed E-state index contributed by atoms with van der Waals surface area (Å²) in [7, 11) is 0. The Morgan fingerprint density at radius 1 is 1.47 bits per heavy atom. The third-order valence-corrected chi connectivity index (χ3v) is 3.20. The van der Waals surface area contributed by atoms with Crippen LogP contribution in [0.15, 0.2) is 22.7 Å². The SMILES string of the molecule is NNC(=O)CN1C(=O)CCc2cc(Br)ccc21. The molecule has 0 radical (unpaired) electrons. The van der Waals surface area contributed by atoms with Gasteiger partial charge in [-0.3, -0.25) is 15.0 Å². The zero-order chi connectivity index (χ0) is 12.4. The molecule has 1 aromatic carbocycles. The number of aryl methyl sites for hydroxylation is 1. The van der Waals surface area contributed by atoms with Gasteiger partial charge in [0.05, 0.1) is 0 Å². The van der Waals surface area contributed by atoms with Crippen molar-refractivity contribution < 1.29 is 9.59 Å². The predicted octanol–water partition coefficient (Wildman–Crippen LogP) is 0.718. The van der Waals surface area contributed by atoms with Crippen molar-refractivity contribution in [2.45, 2.75) is 12.8 Å². The van der Waals surface area contributed by atoms with Crippen molar-refractivity contribution in [1.82, 2.24) is 5.43 Å². The van der Waals surface area contributed by atoms with Crippen LogP contribution in [-0.4, -0.2) is 18.4 Å².